The van der Waals surface area contributed by atoms with Gasteiger partial charge in [-0.15, -0.1) is 0 Å². The highest BCUT2D eigenvalue weighted by Crippen LogP contribution is 2.28. The number of hydrogen-bond donors (Lipinski definition) is 1. The molecular weight excluding hydrogens is 310 g/mol. The minimum absolute atomic E-state index is 0.0280. The molecule has 0 bridgehead atoms. The van der Waals surface area contributed by atoms with Crippen LogP contribution in [0.3, 0.4) is 0 Å². The van der Waals surface area contributed by atoms with Gasteiger partial charge in [-0.05, 0) is 30.7 Å². The molecule has 0 radical (unpaired) electrons. The summed E-state index contributed by atoms with van der Waals surface area (Å²) in [6.45, 7) is 1.78. The third-order valence-corrected chi connectivity index (χ3v) is 4.84. The van der Waals surface area contributed by atoms with E-state index in [4.69, 9.17) is 16.3 Å². The molecule has 0 amide bonds. The van der Waals surface area contributed by atoms with Gasteiger partial charge in [-0.3, -0.25) is 0 Å². The Kier molecular flexibility index (Phi) is 4.88. The Hall–Kier alpha value is -1.56. The fourth-order valence-corrected chi connectivity index (χ4v) is 3.63. The molecule has 2 aromatic carbocycles. The number of halogens is 1. The highest BCUT2D eigenvalue weighted by atomic mass is 35.5. The fourth-order valence-electron chi connectivity index (χ4n) is 1.97. The molecule has 21 heavy (non-hydrogen) atoms. The van der Waals surface area contributed by atoms with E-state index in [1.54, 1.807) is 13.0 Å². The van der Waals surface area contributed by atoms with Crippen LogP contribution in [0.25, 0.3) is 0 Å². The van der Waals surface area contributed by atoms with Crippen molar-refractivity contribution in [1.82, 2.24) is 4.72 Å². The van der Waals surface area contributed by atoms with E-state index < -0.39 is 10.0 Å². The quantitative estimate of drug-likeness (QED) is 0.916. The zero-order chi connectivity index (χ0) is 15.5. The van der Waals surface area contributed by atoms with Crippen molar-refractivity contribution < 1.29 is 13.2 Å². The van der Waals surface area contributed by atoms with E-state index in [-0.39, 0.29) is 16.7 Å². The van der Waals surface area contributed by atoms with Gasteiger partial charge in [-0.1, -0.05) is 41.9 Å². The molecule has 112 valence electrons. The fraction of sp³-hybridized carbons (Fsp3) is 0.200. The minimum Gasteiger partial charge on any atom is -0.495 e. The molecule has 0 spiro atoms. The molecule has 4 nitrogen and oxygen atoms in total. The molecule has 0 saturated heterocycles. The zero-order valence-corrected chi connectivity index (χ0v) is 13.3. The predicted molar refractivity (Wildman–Crippen MR) is 83.2 cm³/mol. The van der Waals surface area contributed by atoms with Crippen LogP contribution in [0, 0.1) is 0 Å². The SMILES string of the molecule is COc1ccc(Cl)cc1S(=O)(=O)NC(C)c1ccccc1. The van der Waals surface area contributed by atoms with Gasteiger partial charge in [0.1, 0.15) is 10.6 Å². The number of hydrogen-bond acceptors (Lipinski definition) is 3. The summed E-state index contributed by atoms with van der Waals surface area (Å²) in [5.41, 5.74) is 0.877. The first-order chi connectivity index (χ1) is 9.94. The Labute approximate surface area is 129 Å². The summed E-state index contributed by atoms with van der Waals surface area (Å²) in [6.07, 6.45) is 0. The summed E-state index contributed by atoms with van der Waals surface area (Å²) in [6, 6.07) is 13.5. The van der Waals surface area contributed by atoms with E-state index in [0.717, 1.165) is 5.56 Å². The lowest BCUT2D eigenvalue weighted by Crippen LogP contribution is -2.27. The molecule has 0 aliphatic carbocycles. The van der Waals surface area contributed by atoms with Crippen LogP contribution in [0.1, 0.15) is 18.5 Å². The Morgan fingerprint density at radius 3 is 2.43 bits per heavy atom. The van der Waals surface area contributed by atoms with Crippen LogP contribution in [-0.2, 0) is 10.0 Å². The minimum atomic E-state index is -3.73. The second kappa shape index (κ2) is 6.47. The lowest BCUT2D eigenvalue weighted by Gasteiger charge is -2.16. The average Bonchev–Trinajstić information content (AvgIpc) is 2.47. The zero-order valence-electron chi connectivity index (χ0n) is 11.7. The Balaban J connectivity index is 2.33. The molecule has 0 aliphatic rings. The van der Waals surface area contributed by atoms with E-state index in [1.165, 1.54) is 19.2 Å². The maximum Gasteiger partial charge on any atom is 0.244 e. The molecule has 0 heterocycles. The number of rotatable bonds is 5. The second-order valence-corrected chi connectivity index (χ2v) is 6.67. The molecule has 6 heteroatoms. The highest BCUT2D eigenvalue weighted by molar-refractivity contribution is 7.89. The van der Waals surface area contributed by atoms with E-state index in [2.05, 4.69) is 4.72 Å². The van der Waals surface area contributed by atoms with Crippen LogP contribution in [-0.4, -0.2) is 15.5 Å². The first-order valence-corrected chi connectivity index (χ1v) is 8.21. The summed E-state index contributed by atoms with van der Waals surface area (Å²) in [5, 5.41) is 0.337. The van der Waals surface area contributed by atoms with Crippen molar-refractivity contribution in [3.05, 3.63) is 59.1 Å². The van der Waals surface area contributed by atoms with Crippen LogP contribution in [0.2, 0.25) is 5.02 Å². The monoisotopic (exact) mass is 325 g/mol. The molecule has 0 fully saturated rings. The largest absolute Gasteiger partial charge is 0.495 e. The second-order valence-electron chi connectivity index (χ2n) is 4.55. The van der Waals surface area contributed by atoms with Gasteiger partial charge in [-0.25, -0.2) is 13.1 Å². The third kappa shape index (κ3) is 3.75. The normalized spacial score (nSPS) is 12.9. The summed E-state index contributed by atoms with van der Waals surface area (Å²) < 4.78 is 32.7. The van der Waals surface area contributed by atoms with Crippen LogP contribution in [0.4, 0.5) is 0 Å². The molecule has 0 saturated carbocycles. The van der Waals surface area contributed by atoms with Gasteiger partial charge in [0.05, 0.1) is 7.11 Å². The smallest absolute Gasteiger partial charge is 0.244 e. The van der Waals surface area contributed by atoms with Gasteiger partial charge >= 0.3 is 0 Å². The van der Waals surface area contributed by atoms with Crippen LogP contribution in [0.15, 0.2) is 53.4 Å². The molecule has 0 aromatic heterocycles. The van der Waals surface area contributed by atoms with E-state index in [0.29, 0.717) is 5.02 Å². The van der Waals surface area contributed by atoms with Gasteiger partial charge < -0.3 is 4.74 Å². The van der Waals surface area contributed by atoms with Gasteiger partial charge in [0.2, 0.25) is 10.0 Å². The first-order valence-electron chi connectivity index (χ1n) is 6.35. The maximum atomic E-state index is 12.5. The van der Waals surface area contributed by atoms with Gasteiger partial charge in [0.25, 0.3) is 0 Å². The predicted octanol–water partition coefficient (Wildman–Crippen LogP) is 3.39. The van der Waals surface area contributed by atoms with Crippen molar-refractivity contribution in [3.63, 3.8) is 0 Å². The summed E-state index contributed by atoms with van der Waals surface area (Å²) in [4.78, 5) is 0.0280. The summed E-state index contributed by atoms with van der Waals surface area (Å²) >= 11 is 5.89. The molecular formula is C15H16ClNO3S. The number of methoxy groups -OCH3 is 1. The molecule has 1 N–H and O–H groups in total. The van der Waals surface area contributed by atoms with Gasteiger partial charge in [0.15, 0.2) is 0 Å². The Morgan fingerprint density at radius 2 is 1.81 bits per heavy atom. The van der Waals surface area contributed by atoms with Crippen LogP contribution in [0.5, 0.6) is 5.75 Å². The van der Waals surface area contributed by atoms with Crippen molar-refractivity contribution in [2.75, 3.05) is 7.11 Å². The molecule has 2 rings (SSSR count). The lowest BCUT2D eigenvalue weighted by molar-refractivity contribution is 0.402. The summed E-state index contributed by atoms with van der Waals surface area (Å²) in [5.74, 6) is 0.257. The number of ether oxygens (including phenoxy) is 1. The van der Waals surface area contributed by atoms with Crippen molar-refractivity contribution in [3.8, 4) is 5.75 Å². The first kappa shape index (κ1) is 15.8. The topological polar surface area (TPSA) is 55.4 Å². The van der Waals surface area contributed by atoms with Crippen molar-refractivity contribution in [1.29, 1.82) is 0 Å². The molecule has 2 aromatic rings. The maximum absolute atomic E-state index is 12.5. The van der Waals surface area contributed by atoms with Gasteiger partial charge in [-0.2, -0.15) is 0 Å². The van der Waals surface area contributed by atoms with Crippen molar-refractivity contribution in [2.45, 2.75) is 17.9 Å². The molecule has 1 unspecified atom stereocenters. The van der Waals surface area contributed by atoms with Gasteiger partial charge in [0, 0.05) is 11.1 Å². The number of sulfonamides is 1. The third-order valence-electron chi connectivity index (χ3n) is 3.05. The van der Waals surface area contributed by atoms with Crippen LogP contribution >= 0.6 is 11.6 Å². The Bertz CT molecular complexity index is 717. The number of benzene rings is 2. The van der Waals surface area contributed by atoms with Crippen molar-refractivity contribution >= 4 is 21.6 Å². The van der Waals surface area contributed by atoms with E-state index in [9.17, 15) is 8.42 Å². The summed E-state index contributed by atoms with van der Waals surface area (Å²) in [7, 11) is -2.31. The average molecular weight is 326 g/mol. The lowest BCUT2D eigenvalue weighted by atomic mass is 10.1. The Morgan fingerprint density at radius 1 is 1.14 bits per heavy atom. The van der Waals surface area contributed by atoms with E-state index >= 15 is 0 Å². The van der Waals surface area contributed by atoms with E-state index in [1.807, 2.05) is 30.3 Å². The van der Waals surface area contributed by atoms with Crippen molar-refractivity contribution in [2.24, 2.45) is 0 Å². The highest BCUT2D eigenvalue weighted by Gasteiger charge is 2.22. The van der Waals surface area contributed by atoms with Crippen LogP contribution < -0.4 is 9.46 Å². The molecule has 0 aliphatic heterocycles. The molecule has 1 atom stereocenters. The number of nitrogens with one attached hydrogen (secondary N) is 1. The standard InChI is InChI=1S/C15H16ClNO3S/c1-11(12-6-4-3-5-7-12)17-21(18,19)15-10-13(16)8-9-14(15)20-2/h3-11,17H,1-2H3.